The van der Waals surface area contributed by atoms with E-state index in [4.69, 9.17) is 0 Å². The maximum absolute atomic E-state index is 9.76. The first-order valence-corrected chi connectivity index (χ1v) is 7.20. The molecule has 0 saturated heterocycles. The summed E-state index contributed by atoms with van der Waals surface area (Å²) >= 11 is 0. The third-order valence-electron chi connectivity index (χ3n) is 4.10. The fraction of sp³-hybridized carbons (Fsp3) is 0.0556. The van der Waals surface area contributed by atoms with Gasteiger partial charge in [0.2, 0.25) is 0 Å². The molecular formula is C18H13BN2O. The molecule has 0 fully saturated rings. The van der Waals surface area contributed by atoms with E-state index in [1.807, 2.05) is 36.7 Å². The van der Waals surface area contributed by atoms with Crippen molar-refractivity contribution in [3.8, 4) is 11.1 Å². The summed E-state index contributed by atoms with van der Waals surface area (Å²) in [5.74, 6) is 0. The zero-order valence-corrected chi connectivity index (χ0v) is 11.9. The number of aromatic nitrogens is 2. The molecule has 1 heterocycles. The summed E-state index contributed by atoms with van der Waals surface area (Å²) in [4.78, 5) is 8.33. The molecule has 0 aliphatic heterocycles. The second-order valence-electron chi connectivity index (χ2n) is 5.28. The third kappa shape index (κ3) is 1.88. The third-order valence-corrected chi connectivity index (χ3v) is 4.10. The van der Waals surface area contributed by atoms with Gasteiger partial charge in [0.15, 0.2) is 0 Å². The topological polar surface area (TPSA) is 46.0 Å². The van der Waals surface area contributed by atoms with Crippen molar-refractivity contribution >= 4 is 24.0 Å². The van der Waals surface area contributed by atoms with E-state index in [1.54, 1.807) is 6.33 Å². The van der Waals surface area contributed by atoms with Crippen LogP contribution < -0.4 is 5.22 Å². The standard InChI is InChI=1S/C18H13BN2O/c22-19-18-15-7-3-1-5-13(15)17(12-9-20-11-21-10-12)14-6-2-4-8-16(14)18/h1-5,7-11,22H,6H2. The Balaban J connectivity index is 2.28. The molecule has 1 aliphatic rings. The van der Waals surface area contributed by atoms with E-state index in [0.717, 1.165) is 38.6 Å². The molecule has 0 bridgehead atoms. The first-order valence-electron chi connectivity index (χ1n) is 7.20. The molecule has 0 radical (unpaired) electrons. The molecule has 3 aromatic rings. The molecule has 1 aromatic heterocycles. The van der Waals surface area contributed by atoms with Gasteiger partial charge < -0.3 is 0 Å². The van der Waals surface area contributed by atoms with Crippen LogP contribution in [0, 0.1) is 5.11 Å². The van der Waals surface area contributed by atoms with Gasteiger partial charge in [-0.3, -0.25) is 0 Å². The van der Waals surface area contributed by atoms with Gasteiger partial charge in [0.1, 0.15) is 0 Å². The zero-order valence-electron chi connectivity index (χ0n) is 11.9. The molecule has 0 amide bonds. The molecule has 0 spiro atoms. The first-order chi connectivity index (χ1) is 10.9. The van der Waals surface area contributed by atoms with Gasteiger partial charge in [-0.15, -0.1) is 0 Å². The van der Waals surface area contributed by atoms with Crippen molar-refractivity contribution < 1.29 is 5.02 Å². The normalized spacial score (nSPS) is 13.5. The SMILES string of the molecule is O/B=c1\c2c(c(-c3cncnc3)c3ccccc13)CC=CC=2. The Morgan fingerprint density at radius 3 is 2.59 bits per heavy atom. The molecule has 2 aromatic carbocycles. The van der Waals surface area contributed by atoms with Crippen molar-refractivity contribution in [3.63, 3.8) is 0 Å². The fourth-order valence-corrected chi connectivity index (χ4v) is 3.19. The van der Waals surface area contributed by atoms with Crippen LogP contribution in [0.15, 0.2) is 55.1 Å². The van der Waals surface area contributed by atoms with Gasteiger partial charge in [0.05, 0.1) is 0 Å². The number of hydrogen-bond donors (Lipinski definition) is 1. The first kappa shape index (κ1) is 13.0. The van der Waals surface area contributed by atoms with Crippen molar-refractivity contribution in [1.82, 2.24) is 9.97 Å². The molecule has 3 nitrogen and oxygen atoms in total. The van der Waals surface area contributed by atoms with Gasteiger partial charge in [-0.05, 0) is 0 Å². The van der Waals surface area contributed by atoms with Gasteiger partial charge in [-0.1, -0.05) is 0 Å². The molecule has 4 rings (SSSR count). The summed E-state index contributed by atoms with van der Waals surface area (Å²) in [7, 11) is 1.21. The maximum atomic E-state index is 9.76. The molecule has 0 saturated carbocycles. The Kier molecular flexibility index (Phi) is 3.08. The number of fused-ring (bicyclic) bond motifs is 2. The van der Waals surface area contributed by atoms with Crippen LogP contribution in [0.1, 0.15) is 5.56 Å². The molecule has 4 heteroatoms. The van der Waals surface area contributed by atoms with Crippen molar-refractivity contribution in [3.05, 3.63) is 71.0 Å². The predicted octanol–water partition coefficient (Wildman–Crippen LogP) is 2.05. The van der Waals surface area contributed by atoms with Crippen LogP contribution >= 0.6 is 0 Å². The minimum atomic E-state index is 0.835. The van der Waals surface area contributed by atoms with Crippen LogP contribution in [0.2, 0.25) is 0 Å². The number of allylic oxidation sites excluding steroid dienone is 2. The van der Waals surface area contributed by atoms with Crippen LogP contribution in [-0.2, 0) is 6.42 Å². The molecule has 22 heavy (non-hydrogen) atoms. The monoisotopic (exact) mass is 284 g/mol. The molecule has 0 unspecified atom stereocenters. The average molecular weight is 284 g/mol. The second kappa shape index (κ2) is 5.22. The minimum absolute atomic E-state index is 0.835. The van der Waals surface area contributed by atoms with Gasteiger partial charge in [0.25, 0.3) is 0 Å². The van der Waals surface area contributed by atoms with Crippen molar-refractivity contribution in [1.29, 1.82) is 0 Å². The van der Waals surface area contributed by atoms with Crippen LogP contribution in [0.3, 0.4) is 0 Å². The Hall–Kier alpha value is -2.75. The Morgan fingerprint density at radius 1 is 1.05 bits per heavy atom. The Bertz CT molecular complexity index is 1010. The van der Waals surface area contributed by atoms with Gasteiger partial charge >= 0.3 is 128 Å². The van der Waals surface area contributed by atoms with E-state index in [0.29, 0.717) is 0 Å². The predicted molar refractivity (Wildman–Crippen MR) is 88.7 cm³/mol. The quantitative estimate of drug-likeness (QED) is 0.696. The van der Waals surface area contributed by atoms with Crippen LogP contribution in [-0.4, -0.2) is 22.1 Å². The van der Waals surface area contributed by atoms with E-state index >= 15 is 0 Å². The fourth-order valence-electron chi connectivity index (χ4n) is 3.19. The van der Waals surface area contributed by atoms with Crippen LogP contribution in [0.5, 0.6) is 0 Å². The summed E-state index contributed by atoms with van der Waals surface area (Å²) in [5.41, 5.74) is 3.36. The molecular weight excluding hydrogens is 271 g/mol. The molecule has 0 atom stereocenters. The van der Waals surface area contributed by atoms with Gasteiger partial charge in [-0.25, -0.2) is 0 Å². The van der Waals surface area contributed by atoms with Crippen molar-refractivity contribution in [2.75, 3.05) is 0 Å². The Morgan fingerprint density at radius 2 is 1.82 bits per heavy atom. The van der Waals surface area contributed by atoms with E-state index < -0.39 is 0 Å². The number of hydrogen-bond acceptors (Lipinski definition) is 3. The van der Waals surface area contributed by atoms with E-state index in [-0.39, 0.29) is 0 Å². The van der Waals surface area contributed by atoms with Crippen molar-refractivity contribution in [2.24, 2.45) is 0 Å². The number of benzene rings is 2. The van der Waals surface area contributed by atoms with E-state index in [2.05, 4.69) is 28.2 Å². The van der Waals surface area contributed by atoms with Crippen molar-refractivity contribution in [2.45, 2.75) is 6.42 Å². The zero-order chi connectivity index (χ0) is 14.9. The molecule has 1 N–H and O–H groups in total. The summed E-state index contributed by atoms with van der Waals surface area (Å²) in [6.45, 7) is 0. The Labute approximate surface area is 128 Å². The number of rotatable bonds is 1. The summed E-state index contributed by atoms with van der Waals surface area (Å²) in [5, 5.41) is 13.8. The van der Waals surface area contributed by atoms with Gasteiger partial charge in [-0.2, -0.15) is 0 Å². The van der Waals surface area contributed by atoms with Crippen LogP contribution in [0.25, 0.3) is 28.0 Å². The molecule has 1 aliphatic carbocycles. The van der Waals surface area contributed by atoms with Crippen LogP contribution in [0.4, 0.5) is 0 Å². The summed E-state index contributed by atoms with van der Waals surface area (Å²) < 4.78 is 0. The van der Waals surface area contributed by atoms with Gasteiger partial charge in [0, 0.05) is 0 Å². The van der Waals surface area contributed by atoms with E-state index in [9.17, 15) is 5.02 Å². The van der Waals surface area contributed by atoms with E-state index in [1.165, 1.54) is 12.7 Å². The summed E-state index contributed by atoms with van der Waals surface area (Å²) in [6.07, 6.45) is 12.3. The average Bonchev–Trinajstić information content (AvgIpc) is 2.60. The number of nitrogens with zero attached hydrogens (tertiary/aromatic N) is 2. The molecule has 104 valence electrons. The summed E-state index contributed by atoms with van der Waals surface area (Å²) in [6, 6.07) is 8.14. The second-order valence-corrected chi connectivity index (χ2v) is 5.28.